The molecule has 0 aliphatic carbocycles. The van der Waals surface area contributed by atoms with Crippen molar-refractivity contribution in [1.29, 1.82) is 0 Å². The van der Waals surface area contributed by atoms with E-state index in [2.05, 4.69) is 5.32 Å². The number of anilines is 1. The zero-order valence-corrected chi connectivity index (χ0v) is 12.9. The molecule has 2 rings (SSSR count). The maximum atomic E-state index is 13.0. The van der Waals surface area contributed by atoms with Gasteiger partial charge in [0.2, 0.25) is 0 Å². The van der Waals surface area contributed by atoms with Crippen LogP contribution in [0.4, 0.5) is 10.1 Å². The summed E-state index contributed by atoms with van der Waals surface area (Å²) in [5.74, 6) is -1.51. The summed E-state index contributed by atoms with van der Waals surface area (Å²) in [4.78, 5) is 23.5. The number of methoxy groups -OCH3 is 1. The number of carbonyl (C=O) groups excluding carboxylic acids is 2. The van der Waals surface area contributed by atoms with Gasteiger partial charge in [0, 0.05) is 5.02 Å². The molecule has 0 aliphatic rings. The van der Waals surface area contributed by atoms with Crippen LogP contribution in [0.15, 0.2) is 42.5 Å². The number of hydrogen-bond donors (Lipinski definition) is 1. The van der Waals surface area contributed by atoms with Crippen LogP contribution in [0.3, 0.4) is 0 Å². The number of amides is 1. The SMILES string of the molecule is COc1ccc(Cl)cc1NC(=O)COC(=O)c1cccc(F)c1. The molecule has 0 radical (unpaired) electrons. The fourth-order valence-corrected chi connectivity index (χ4v) is 1.97. The molecule has 0 aliphatic heterocycles. The molecule has 2 aromatic rings. The van der Waals surface area contributed by atoms with E-state index in [1.807, 2.05) is 0 Å². The number of hydrogen-bond acceptors (Lipinski definition) is 4. The second-order valence-corrected chi connectivity index (χ2v) is 4.92. The minimum absolute atomic E-state index is 0.0261. The van der Waals surface area contributed by atoms with E-state index >= 15 is 0 Å². The van der Waals surface area contributed by atoms with E-state index < -0.39 is 24.3 Å². The standard InChI is InChI=1S/C16H13ClFNO4/c1-22-14-6-5-11(17)8-13(14)19-15(20)9-23-16(21)10-3-2-4-12(18)7-10/h2-8H,9H2,1H3,(H,19,20). The van der Waals surface area contributed by atoms with Gasteiger partial charge >= 0.3 is 5.97 Å². The highest BCUT2D eigenvalue weighted by Gasteiger charge is 2.13. The minimum Gasteiger partial charge on any atom is -0.495 e. The summed E-state index contributed by atoms with van der Waals surface area (Å²) in [6.45, 7) is -0.523. The van der Waals surface area contributed by atoms with Crippen LogP contribution in [0.2, 0.25) is 5.02 Å². The number of ether oxygens (including phenoxy) is 2. The smallest absolute Gasteiger partial charge is 0.338 e. The van der Waals surface area contributed by atoms with Crippen molar-refractivity contribution in [3.63, 3.8) is 0 Å². The second kappa shape index (κ2) is 7.60. The summed E-state index contributed by atoms with van der Waals surface area (Å²) in [5, 5.41) is 2.94. The highest BCUT2D eigenvalue weighted by Crippen LogP contribution is 2.27. The van der Waals surface area contributed by atoms with E-state index in [0.717, 1.165) is 6.07 Å². The van der Waals surface area contributed by atoms with Crippen molar-refractivity contribution >= 4 is 29.2 Å². The molecule has 0 aromatic heterocycles. The first-order valence-electron chi connectivity index (χ1n) is 6.55. The molecule has 0 fully saturated rings. The minimum atomic E-state index is -0.794. The predicted molar refractivity (Wildman–Crippen MR) is 83.3 cm³/mol. The van der Waals surface area contributed by atoms with Crippen LogP contribution < -0.4 is 10.1 Å². The number of rotatable bonds is 5. The van der Waals surface area contributed by atoms with Crippen LogP contribution in [-0.2, 0) is 9.53 Å². The van der Waals surface area contributed by atoms with Gasteiger partial charge in [-0.15, -0.1) is 0 Å². The zero-order chi connectivity index (χ0) is 16.8. The van der Waals surface area contributed by atoms with Crippen molar-refractivity contribution in [3.8, 4) is 5.75 Å². The summed E-state index contributed by atoms with van der Waals surface area (Å²) in [6.07, 6.45) is 0. The molecule has 120 valence electrons. The van der Waals surface area contributed by atoms with Gasteiger partial charge in [0.15, 0.2) is 6.61 Å². The lowest BCUT2D eigenvalue weighted by atomic mass is 10.2. The summed E-state index contributed by atoms with van der Waals surface area (Å²) >= 11 is 5.85. The first-order chi connectivity index (χ1) is 11.0. The van der Waals surface area contributed by atoms with Crippen LogP contribution in [0, 0.1) is 5.82 Å². The molecule has 0 saturated heterocycles. The maximum absolute atomic E-state index is 13.0. The van der Waals surface area contributed by atoms with Crippen molar-refractivity contribution in [1.82, 2.24) is 0 Å². The predicted octanol–water partition coefficient (Wildman–Crippen LogP) is 3.28. The maximum Gasteiger partial charge on any atom is 0.338 e. The molecule has 7 heteroatoms. The first-order valence-corrected chi connectivity index (χ1v) is 6.93. The normalized spacial score (nSPS) is 10.0. The van der Waals surface area contributed by atoms with Gasteiger partial charge in [0.25, 0.3) is 5.91 Å². The average molecular weight is 338 g/mol. The lowest BCUT2D eigenvalue weighted by molar-refractivity contribution is -0.119. The summed E-state index contributed by atoms with van der Waals surface area (Å²) in [5.41, 5.74) is 0.380. The Bertz CT molecular complexity index is 736. The molecular weight excluding hydrogens is 325 g/mol. The molecule has 0 bridgehead atoms. The van der Waals surface area contributed by atoms with E-state index in [1.165, 1.54) is 31.4 Å². The Kier molecular flexibility index (Phi) is 5.54. The van der Waals surface area contributed by atoms with E-state index in [4.69, 9.17) is 21.1 Å². The zero-order valence-electron chi connectivity index (χ0n) is 12.1. The number of benzene rings is 2. The number of halogens is 2. The molecule has 1 N–H and O–H groups in total. The molecule has 0 unspecified atom stereocenters. The molecule has 0 saturated carbocycles. The van der Waals surface area contributed by atoms with Crippen LogP contribution in [-0.4, -0.2) is 25.6 Å². The van der Waals surface area contributed by atoms with Crippen molar-refractivity contribution in [2.45, 2.75) is 0 Å². The Morgan fingerprint density at radius 3 is 2.70 bits per heavy atom. The first kappa shape index (κ1) is 16.8. The molecule has 0 spiro atoms. The van der Waals surface area contributed by atoms with E-state index in [0.29, 0.717) is 16.5 Å². The summed E-state index contributed by atoms with van der Waals surface area (Å²) < 4.78 is 22.9. The topological polar surface area (TPSA) is 64.6 Å². The lowest BCUT2D eigenvalue weighted by Gasteiger charge is -2.10. The monoisotopic (exact) mass is 337 g/mol. The Balaban J connectivity index is 1.95. The summed E-state index contributed by atoms with van der Waals surface area (Å²) in [6, 6.07) is 9.71. The molecule has 5 nitrogen and oxygen atoms in total. The highest BCUT2D eigenvalue weighted by atomic mass is 35.5. The average Bonchev–Trinajstić information content (AvgIpc) is 2.53. The van der Waals surface area contributed by atoms with Crippen LogP contribution >= 0.6 is 11.6 Å². The molecule has 1 amide bonds. The van der Waals surface area contributed by atoms with Gasteiger partial charge in [-0.2, -0.15) is 0 Å². The van der Waals surface area contributed by atoms with Gasteiger partial charge in [-0.05, 0) is 36.4 Å². The van der Waals surface area contributed by atoms with Gasteiger partial charge in [-0.3, -0.25) is 4.79 Å². The number of esters is 1. The van der Waals surface area contributed by atoms with E-state index in [-0.39, 0.29) is 5.56 Å². The van der Waals surface area contributed by atoms with Gasteiger partial charge < -0.3 is 14.8 Å². The fraction of sp³-hybridized carbons (Fsp3) is 0.125. The quantitative estimate of drug-likeness (QED) is 0.850. The Labute approximate surface area is 137 Å². The Hall–Kier alpha value is -2.60. The van der Waals surface area contributed by atoms with E-state index in [1.54, 1.807) is 12.1 Å². The van der Waals surface area contributed by atoms with Crippen LogP contribution in [0.5, 0.6) is 5.75 Å². The second-order valence-electron chi connectivity index (χ2n) is 4.48. The fourth-order valence-electron chi connectivity index (χ4n) is 1.79. The van der Waals surface area contributed by atoms with Crippen molar-refractivity contribution < 1.29 is 23.5 Å². The third-order valence-corrected chi connectivity index (χ3v) is 3.07. The van der Waals surface area contributed by atoms with Crippen molar-refractivity contribution in [2.24, 2.45) is 0 Å². The lowest BCUT2D eigenvalue weighted by Crippen LogP contribution is -2.21. The van der Waals surface area contributed by atoms with Gasteiger partial charge in [0.1, 0.15) is 11.6 Å². The van der Waals surface area contributed by atoms with E-state index in [9.17, 15) is 14.0 Å². The van der Waals surface area contributed by atoms with Gasteiger partial charge in [-0.25, -0.2) is 9.18 Å². The highest BCUT2D eigenvalue weighted by molar-refractivity contribution is 6.31. The van der Waals surface area contributed by atoms with Crippen LogP contribution in [0.25, 0.3) is 0 Å². The molecule has 2 aromatic carbocycles. The molecule has 23 heavy (non-hydrogen) atoms. The molecule has 0 atom stereocenters. The van der Waals surface area contributed by atoms with Gasteiger partial charge in [0.05, 0.1) is 18.4 Å². The number of nitrogens with one attached hydrogen (secondary N) is 1. The Morgan fingerprint density at radius 1 is 1.22 bits per heavy atom. The summed E-state index contributed by atoms with van der Waals surface area (Å²) in [7, 11) is 1.45. The molecular formula is C16H13ClFNO4. The van der Waals surface area contributed by atoms with Crippen molar-refractivity contribution in [3.05, 3.63) is 58.9 Å². The van der Waals surface area contributed by atoms with Gasteiger partial charge in [-0.1, -0.05) is 17.7 Å². The third-order valence-electron chi connectivity index (χ3n) is 2.83. The third kappa shape index (κ3) is 4.69. The Morgan fingerprint density at radius 2 is 2.00 bits per heavy atom. The number of carbonyl (C=O) groups is 2. The van der Waals surface area contributed by atoms with Crippen LogP contribution in [0.1, 0.15) is 10.4 Å². The van der Waals surface area contributed by atoms with Crippen molar-refractivity contribution in [2.75, 3.05) is 19.0 Å². The largest absolute Gasteiger partial charge is 0.495 e. The molecule has 0 heterocycles.